The number of benzene rings is 3. The number of halogens is 1. The zero-order valence-electron chi connectivity index (χ0n) is 19.2. The van der Waals surface area contributed by atoms with E-state index in [0.29, 0.717) is 33.3 Å². The van der Waals surface area contributed by atoms with Gasteiger partial charge in [-0.05, 0) is 47.3 Å². The number of primary sulfonamides is 1. The van der Waals surface area contributed by atoms with Crippen molar-refractivity contribution in [2.45, 2.75) is 10.8 Å². The molecule has 1 unspecified atom stereocenters. The summed E-state index contributed by atoms with van der Waals surface area (Å²) >= 11 is 6.25. The van der Waals surface area contributed by atoms with Crippen LogP contribution in [-0.4, -0.2) is 55.0 Å². The van der Waals surface area contributed by atoms with Crippen LogP contribution in [0.3, 0.4) is 0 Å². The third-order valence-electron chi connectivity index (χ3n) is 6.35. The van der Waals surface area contributed by atoms with Gasteiger partial charge in [-0.1, -0.05) is 6.07 Å². The van der Waals surface area contributed by atoms with Crippen molar-refractivity contribution in [1.82, 2.24) is 4.98 Å². The first-order chi connectivity index (χ1) is 17.6. The van der Waals surface area contributed by atoms with E-state index in [4.69, 9.17) is 26.6 Å². The molecule has 0 fully saturated rings. The number of alkyl halides is 1. The third kappa shape index (κ3) is 4.37. The molecule has 37 heavy (non-hydrogen) atoms. The summed E-state index contributed by atoms with van der Waals surface area (Å²) in [6, 6.07) is 12.1. The maximum atomic E-state index is 13.6. The second kappa shape index (κ2) is 9.30. The number of carbonyl (C=O) groups excluding carboxylic acids is 1. The molecule has 5 rings (SSSR count). The van der Waals surface area contributed by atoms with E-state index in [2.05, 4.69) is 4.98 Å². The summed E-state index contributed by atoms with van der Waals surface area (Å²) in [5, 5.41) is 27.4. The van der Waals surface area contributed by atoms with Crippen molar-refractivity contribution in [3.63, 3.8) is 0 Å². The molecule has 4 aromatic rings. The average molecular weight is 545 g/mol. The van der Waals surface area contributed by atoms with Gasteiger partial charge in [0.1, 0.15) is 18.1 Å². The Balaban J connectivity index is 1.62. The maximum Gasteiger partial charge on any atom is 0.279 e. The molecular formula is C24H21ClN4O7S. The summed E-state index contributed by atoms with van der Waals surface area (Å²) in [5.41, 5.74) is 1.56. The lowest BCUT2D eigenvalue weighted by Crippen LogP contribution is -2.30. The fraction of sp³-hybridized carbons (Fsp3) is 0.208. The van der Waals surface area contributed by atoms with Crippen LogP contribution in [0.2, 0.25) is 0 Å². The van der Waals surface area contributed by atoms with E-state index in [1.54, 1.807) is 24.3 Å². The number of rotatable bonds is 7. The zero-order valence-corrected chi connectivity index (χ0v) is 20.8. The highest BCUT2D eigenvalue weighted by atomic mass is 35.5. The second-order valence-electron chi connectivity index (χ2n) is 8.61. The van der Waals surface area contributed by atoms with Gasteiger partial charge in [0.15, 0.2) is 0 Å². The third-order valence-corrected chi connectivity index (χ3v) is 7.63. The van der Waals surface area contributed by atoms with Gasteiger partial charge in [-0.15, -0.1) is 11.6 Å². The van der Waals surface area contributed by atoms with Crippen molar-refractivity contribution in [1.29, 1.82) is 0 Å². The number of aliphatic hydroxyl groups excluding tert-OH is 1. The molecule has 1 aromatic heterocycles. The van der Waals surface area contributed by atoms with Crippen molar-refractivity contribution < 1.29 is 28.0 Å². The number of aromatic amines is 1. The molecule has 192 valence electrons. The van der Waals surface area contributed by atoms with E-state index < -0.39 is 20.9 Å². The standard InChI is InChI=1S/C24H21ClN4O7S/c25-11-14-12-28(24(31)20-8-13-7-15(36-6-5-30)1-4-19(13)27-20)22-10-21(29(32)33)18-9-16(37(26,34)35)2-3-17(18)23(14)22/h1-4,7-10,14,27,30H,5-6,11-12H2,(H2,26,34,35). The molecule has 0 saturated heterocycles. The number of hydrogen-bond acceptors (Lipinski definition) is 7. The minimum atomic E-state index is -4.09. The van der Waals surface area contributed by atoms with E-state index in [1.807, 2.05) is 0 Å². The van der Waals surface area contributed by atoms with Crippen LogP contribution in [0.1, 0.15) is 22.0 Å². The molecule has 0 radical (unpaired) electrons. The average Bonchev–Trinajstić information content (AvgIpc) is 3.46. The highest BCUT2D eigenvalue weighted by molar-refractivity contribution is 7.89. The Kier molecular flexibility index (Phi) is 6.28. The van der Waals surface area contributed by atoms with Crippen LogP contribution in [0.4, 0.5) is 11.4 Å². The van der Waals surface area contributed by atoms with Crippen molar-refractivity contribution in [3.8, 4) is 5.75 Å². The number of H-pyrrole nitrogens is 1. The lowest BCUT2D eigenvalue weighted by atomic mass is 9.95. The Morgan fingerprint density at radius 1 is 1.22 bits per heavy atom. The van der Waals surface area contributed by atoms with Gasteiger partial charge in [0.2, 0.25) is 10.0 Å². The fourth-order valence-electron chi connectivity index (χ4n) is 4.73. The van der Waals surface area contributed by atoms with Crippen LogP contribution >= 0.6 is 11.6 Å². The van der Waals surface area contributed by atoms with Gasteiger partial charge in [-0.2, -0.15) is 0 Å². The number of carbonyl (C=O) groups is 1. The number of amides is 1. The normalized spacial score (nSPS) is 15.3. The summed E-state index contributed by atoms with van der Waals surface area (Å²) < 4.78 is 29.2. The van der Waals surface area contributed by atoms with Gasteiger partial charge in [-0.3, -0.25) is 14.9 Å². The molecule has 11 nitrogen and oxygen atoms in total. The van der Waals surface area contributed by atoms with Crippen molar-refractivity contribution in [3.05, 3.63) is 69.9 Å². The predicted octanol–water partition coefficient (Wildman–Crippen LogP) is 3.23. The number of sulfonamides is 1. The smallest absolute Gasteiger partial charge is 0.279 e. The summed E-state index contributed by atoms with van der Waals surface area (Å²) in [4.78, 5) is 29.2. The highest BCUT2D eigenvalue weighted by Crippen LogP contribution is 2.46. The number of anilines is 1. The van der Waals surface area contributed by atoms with E-state index >= 15 is 0 Å². The molecule has 13 heteroatoms. The number of nitro groups is 1. The molecule has 1 amide bonds. The molecule has 0 saturated carbocycles. The van der Waals surface area contributed by atoms with Gasteiger partial charge >= 0.3 is 0 Å². The molecule has 4 N–H and O–H groups in total. The fourth-order valence-corrected chi connectivity index (χ4v) is 5.52. The quantitative estimate of drug-likeness (QED) is 0.182. The van der Waals surface area contributed by atoms with Gasteiger partial charge in [0, 0.05) is 35.3 Å². The first-order valence-electron chi connectivity index (χ1n) is 11.1. The minimum absolute atomic E-state index is 0.0979. The summed E-state index contributed by atoms with van der Waals surface area (Å²) in [6.07, 6.45) is 0. The first kappa shape index (κ1) is 25.0. The largest absolute Gasteiger partial charge is 0.491 e. The Morgan fingerprint density at radius 3 is 2.68 bits per heavy atom. The van der Waals surface area contributed by atoms with Crippen LogP contribution in [0, 0.1) is 10.1 Å². The van der Waals surface area contributed by atoms with Crippen molar-refractivity contribution in [2.75, 3.05) is 30.5 Å². The van der Waals surface area contributed by atoms with E-state index in [0.717, 1.165) is 0 Å². The molecule has 3 aromatic carbocycles. The van der Waals surface area contributed by atoms with Gasteiger partial charge in [0.05, 0.1) is 27.5 Å². The molecule has 1 atom stereocenters. The first-order valence-corrected chi connectivity index (χ1v) is 13.2. The van der Waals surface area contributed by atoms with Crippen molar-refractivity contribution >= 4 is 60.6 Å². The maximum absolute atomic E-state index is 13.6. The van der Waals surface area contributed by atoms with Crippen LogP contribution in [0.15, 0.2) is 53.4 Å². The Morgan fingerprint density at radius 2 is 2.00 bits per heavy atom. The summed E-state index contributed by atoms with van der Waals surface area (Å²) in [6.45, 7) is 0.192. The molecule has 0 bridgehead atoms. The number of ether oxygens (including phenoxy) is 1. The minimum Gasteiger partial charge on any atom is -0.491 e. The van der Waals surface area contributed by atoms with Gasteiger partial charge in [0.25, 0.3) is 11.6 Å². The second-order valence-corrected chi connectivity index (χ2v) is 10.5. The molecule has 0 spiro atoms. The summed E-state index contributed by atoms with van der Waals surface area (Å²) in [5.74, 6) is -0.0714. The van der Waals surface area contributed by atoms with E-state index in [-0.39, 0.29) is 53.2 Å². The molecular weight excluding hydrogens is 524 g/mol. The van der Waals surface area contributed by atoms with Crippen LogP contribution in [0.5, 0.6) is 5.75 Å². The molecule has 1 aliphatic heterocycles. The Bertz CT molecular complexity index is 1690. The number of aliphatic hydroxyl groups is 1. The van der Waals surface area contributed by atoms with Crippen molar-refractivity contribution in [2.24, 2.45) is 5.14 Å². The number of nitro benzene ring substituents is 1. The number of nitrogens with one attached hydrogen (secondary N) is 1. The zero-order chi connectivity index (χ0) is 26.5. The number of nitrogens with zero attached hydrogens (tertiary/aromatic N) is 2. The van der Waals surface area contributed by atoms with Gasteiger partial charge in [-0.25, -0.2) is 13.6 Å². The molecule has 1 aliphatic rings. The number of hydrogen-bond donors (Lipinski definition) is 3. The number of aromatic nitrogens is 1. The Hall–Kier alpha value is -3.71. The topological polar surface area (TPSA) is 169 Å². The lowest BCUT2D eigenvalue weighted by molar-refractivity contribution is -0.383. The van der Waals surface area contributed by atoms with Crippen LogP contribution < -0.4 is 14.8 Å². The van der Waals surface area contributed by atoms with E-state index in [1.165, 1.54) is 29.2 Å². The predicted molar refractivity (Wildman–Crippen MR) is 138 cm³/mol. The highest BCUT2D eigenvalue weighted by Gasteiger charge is 2.37. The molecule has 0 aliphatic carbocycles. The van der Waals surface area contributed by atoms with Crippen LogP contribution in [0.25, 0.3) is 21.7 Å². The van der Waals surface area contributed by atoms with E-state index in [9.17, 15) is 23.3 Å². The summed E-state index contributed by atoms with van der Waals surface area (Å²) in [7, 11) is -4.09. The number of nitrogens with two attached hydrogens (primary N) is 1. The Labute approximate surface area is 215 Å². The SMILES string of the molecule is NS(=O)(=O)c1ccc2c3c(cc([N+](=O)[O-])c2c1)N(C(=O)c1cc2cc(OCCO)ccc2[nH]1)CC3CCl. The lowest BCUT2D eigenvalue weighted by Gasteiger charge is -2.17. The van der Waals surface area contributed by atoms with Gasteiger partial charge < -0.3 is 19.7 Å². The number of fused-ring (bicyclic) bond motifs is 4. The number of non-ortho nitro benzene ring substituents is 1. The van der Waals surface area contributed by atoms with Crippen LogP contribution in [-0.2, 0) is 10.0 Å². The molecule has 2 heterocycles. The monoisotopic (exact) mass is 544 g/mol.